The standard InChI is InChI=1S/C17H15N3OS/c1-20(12-14-5-4-10-22-14)17(21)9-8-13-11-18-15-6-2-3-7-16(15)19-13/h2-11H,12H2,1H3/b9-8+. The highest BCUT2D eigenvalue weighted by Gasteiger charge is 2.06. The number of likely N-dealkylation sites (N-methyl/N-ethyl adjacent to an activating group) is 1. The zero-order valence-electron chi connectivity index (χ0n) is 12.1. The lowest BCUT2D eigenvalue weighted by atomic mass is 10.3. The highest BCUT2D eigenvalue weighted by Crippen LogP contribution is 2.12. The maximum absolute atomic E-state index is 12.1. The summed E-state index contributed by atoms with van der Waals surface area (Å²) in [6, 6.07) is 11.7. The minimum atomic E-state index is -0.0524. The van der Waals surface area contributed by atoms with Crippen LogP contribution in [0.1, 0.15) is 10.6 Å². The van der Waals surface area contributed by atoms with Crippen molar-refractivity contribution in [3.05, 3.63) is 64.6 Å². The van der Waals surface area contributed by atoms with Crippen LogP contribution >= 0.6 is 11.3 Å². The number of fused-ring (bicyclic) bond motifs is 1. The van der Waals surface area contributed by atoms with Crippen molar-refractivity contribution in [3.63, 3.8) is 0 Å². The van der Waals surface area contributed by atoms with Gasteiger partial charge in [0, 0.05) is 18.0 Å². The first-order valence-corrected chi connectivity index (χ1v) is 7.78. The number of thiophene rings is 1. The molecule has 0 saturated heterocycles. The van der Waals surface area contributed by atoms with E-state index < -0.39 is 0 Å². The van der Waals surface area contributed by atoms with Gasteiger partial charge in [0.1, 0.15) is 0 Å². The van der Waals surface area contributed by atoms with E-state index in [1.54, 1.807) is 35.6 Å². The Balaban J connectivity index is 1.70. The molecule has 0 bridgehead atoms. The first-order valence-electron chi connectivity index (χ1n) is 6.90. The van der Waals surface area contributed by atoms with E-state index >= 15 is 0 Å². The van der Waals surface area contributed by atoms with Gasteiger partial charge in [0.15, 0.2) is 0 Å². The highest BCUT2D eigenvalue weighted by atomic mass is 32.1. The lowest BCUT2D eigenvalue weighted by Crippen LogP contribution is -2.23. The molecule has 0 aliphatic rings. The second-order valence-corrected chi connectivity index (χ2v) is 5.92. The van der Waals surface area contributed by atoms with Gasteiger partial charge in [-0.3, -0.25) is 9.78 Å². The molecule has 3 aromatic rings. The van der Waals surface area contributed by atoms with Crippen LogP contribution in [0, 0.1) is 0 Å². The van der Waals surface area contributed by atoms with Crippen molar-refractivity contribution < 1.29 is 4.79 Å². The summed E-state index contributed by atoms with van der Waals surface area (Å²) in [5.41, 5.74) is 2.35. The number of rotatable bonds is 4. The van der Waals surface area contributed by atoms with E-state index in [2.05, 4.69) is 9.97 Å². The van der Waals surface area contributed by atoms with Crippen LogP contribution in [0.25, 0.3) is 17.1 Å². The number of amides is 1. The van der Waals surface area contributed by atoms with Crippen molar-refractivity contribution >= 4 is 34.4 Å². The summed E-state index contributed by atoms with van der Waals surface area (Å²) < 4.78 is 0. The van der Waals surface area contributed by atoms with Gasteiger partial charge in [-0.25, -0.2) is 4.98 Å². The number of hydrogen-bond donors (Lipinski definition) is 0. The molecule has 0 aliphatic carbocycles. The summed E-state index contributed by atoms with van der Waals surface area (Å²) >= 11 is 1.64. The Kier molecular flexibility index (Phi) is 4.25. The van der Waals surface area contributed by atoms with Gasteiger partial charge < -0.3 is 4.90 Å². The van der Waals surface area contributed by atoms with Crippen molar-refractivity contribution in [1.82, 2.24) is 14.9 Å². The molecule has 0 N–H and O–H groups in total. The van der Waals surface area contributed by atoms with Crippen LogP contribution in [0.15, 0.2) is 54.1 Å². The Bertz CT molecular complexity index is 812. The molecule has 0 unspecified atom stereocenters. The molecule has 2 heterocycles. The van der Waals surface area contributed by atoms with E-state index in [4.69, 9.17) is 0 Å². The first kappa shape index (κ1) is 14.4. The number of hydrogen-bond acceptors (Lipinski definition) is 4. The maximum atomic E-state index is 12.1. The van der Waals surface area contributed by atoms with Crippen molar-refractivity contribution in [2.45, 2.75) is 6.54 Å². The van der Waals surface area contributed by atoms with Crippen molar-refractivity contribution in [3.8, 4) is 0 Å². The number of carbonyl (C=O) groups is 1. The molecule has 0 saturated carbocycles. The Labute approximate surface area is 132 Å². The molecular weight excluding hydrogens is 294 g/mol. The molecule has 3 rings (SSSR count). The molecular formula is C17H15N3OS. The SMILES string of the molecule is CN(Cc1cccs1)C(=O)/C=C/c1cnc2ccccc2n1. The molecule has 2 aromatic heterocycles. The zero-order chi connectivity index (χ0) is 15.4. The average Bonchev–Trinajstić information content (AvgIpc) is 3.05. The Morgan fingerprint density at radius 1 is 1.23 bits per heavy atom. The summed E-state index contributed by atoms with van der Waals surface area (Å²) in [6.45, 7) is 0.615. The van der Waals surface area contributed by atoms with Gasteiger partial charge in [0.05, 0.1) is 29.5 Å². The van der Waals surface area contributed by atoms with E-state index in [9.17, 15) is 4.79 Å². The Hall–Kier alpha value is -2.53. The third-order valence-corrected chi connectivity index (χ3v) is 4.07. The van der Waals surface area contributed by atoms with E-state index in [0.717, 1.165) is 15.9 Å². The van der Waals surface area contributed by atoms with Crippen LogP contribution in [0.4, 0.5) is 0 Å². The van der Waals surface area contributed by atoms with Gasteiger partial charge in [-0.2, -0.15) is 0 Å². The van der Waals surface area contributed by atoms with Crippen LogP contribution in [0.2, 0.25) is 0 Å². The summed E-state index contributed by atoms with van der Waals surface area (Å²) in [4.78, 5) is 23.7. The van der Waals surface area contributed by atoms with Gasteiger partial charge in [-0.1, -0.05) is 18.2 Å². The zero-order valence-corrected chi connectivity index (χ0v) is 13.0. The van der Waals surface area contributed by atoms with Crippen LogP contribution in [-0.4, -0.2) is 27.8 Å². The molecule has 0 atom stereocenters. The predicted octanol–water partition coefficient (Wildman–Crippen LogP) is 3.36. The van der Waals surface area contributed by atoms with Crippen LogP contribution in [-0.2, 0) is 11.3 Å². The van der Waals surface area contributed by atoms with Crippen molar-refractivity contribution in [2.24, 2.45) is 0 Å². The van der Waals surface area contributed by atoms with Crippen LogP contribution in [0.3, 0.4) is 0 Å². The first-order chi connectivity index (χ1) is 10.7. The summed E-state index contributed by atoms with van der Waals surface area (Å²) in [7, 11) is 1.79. The second-order valence-electron chi connectivity index (χ2n) is 4.89. The average molecular weight is 309 g/mol. The topological polar surface area (TPSA) is 46.1 Å². The molecule has 0 radical (unpaired) electrons. The molecule has 0 aliphatic heterocycles. The molecule has 0 fully saturated rings. The number of nitrogens with zero attached hydrogens (tertiary/aromatic N) is 3. The lowest BCUT2D eigenvalue weighted by Gasteiger charge is -2.13. The number of benzene rings is 1. The molecule has 1 aromatic carbocycles. The fraction of sp³-hybridized carbons (Fsp3) is 0.118. The lowest BCUT2D eigenvalue weighted by molar-refractivity contribution is -0.125. The minimum absolute atomic E-state index is 0.0524. The fourth-order valence-corrected chi connectivity index (χ4v) is 2.81. The molecule has 110 valence electrons. The molecule has 5 heteroatoms. The molecule has 22 heavy (non-hydrogen) atoms. The van der Waals surface area contributed by atoms with Gasteiger partial charge in [0.2, 0.25) is 5.91 Å². The monoisotopic (exact) mass is 309 g/mol. The van der Waals surface area contributed by atoms with Gasteiger partial charge in [0.25, 0.3) is 0 Å². The van der Waals surface area contributed by atoms with Crippen molar-refractivity contribution in [1.29, 1.82) is 0 Å². The van der Waals surface area contributed by atoms with E-state index in [1.165, 1.54) is 6.08 Å². The highest BCUT2D eigenvalue weighted by molar-refractivity contribution is 7.09. The predicted molar refractivity (Wildman–Crippen MR) is 89.4 cm³/mol. The second kappa shape index (κ2) is 6.49. The summed E-state index contributed by atoms with van der Waals surface area (Å²) in [5.74, 6) is -0.0524. The quantitative estimate of drug-likeness (QED) is 0.694. The number of aromatic nitrogens is 2. The Morgan fingerprint density at radius 2 is 2.05 bits per heavy atom. The van der Waals surface area contributed by atoms with E-state index in [0.29, 0.717) is 12.2 Å². The van der Waals surface area contributed by atoms with Crippen LogP contribution < -0.4 is 0 Å². The van der Waals surface area contributed by atoms with Crippen molar-refractivity contribution in [2.75, 3.05) is 7.05 Å². The third kappa shape index (κ3) is 3.38. The van der Waals surface area contributed by atoms with E-state index in [-0.39, 0.29) is 5.91 Å². The third-order valence-electron chi connectivity index (χ3n) is 3.21. The molecule has 1 amide bonds. The minimum Gasteiger partial charge on any atom is -0.337 e. The van der Waals surface area contributed by atoms with Gasteiger partial charge in [-0.15, -0.1) is 11.3 Å². The van der Waals surface area contributed by atoms with Gasteiger partial charge >= 0.3 is 0 Å². The smallest absolute Gasteiger partial charge is 0.246 e. The molecule has 0 spiro atoms. The Morgan fingerprint density at radius 3 is 2.82 bits per heavy atom. The molecule has 4 nitrogen and oxygen atoms in total. The maximum Gasteiger partial charge on any atom is 0.246 e. The largest absolute Gasteiger partial charge is 0.337 e. The number of carbonyl (C=O) groups excluding carboxylic acids is 1. The van der Waals surface area contributed by atoms with Gasteiger partial charge in [-0.05, 0) is 29.7 Å². The van der Waals surface area contributed by atoms with E-state index in [1.807, 2.05) is 41.8 Å². The normalized spacial score (nSPS) is 11.1. The van der Waals surface area contributed by atoms with Crippen LogP contribution in [0.5, 0.6) is 0 Å². The summed E-state index contributed by atoms with van der Waals surface area (Å²) in [6.07, 6.45) is 4.91. The number of para-hydroxylation sites is 2. The summed E-state index contributed by atoms with van der Waals surface area (Å²) in [5, 5.41) is 2.01. The fourth-order valence-electron chi connectivity index (χ4n) is 2.05.